The third-order valence-electron chi connectivity index (χ3n) is 7.98. The summed E-state index contributed by atoms with van der Waals surface area (Å²) in [4.78, 5) is 13.0. The van der Waals surface area contributed by atoms with Gasteiger partial charge in [0.15, 0.2) is 17.9 Å². The van der Waals surface area contributed by atoms with Gasteiger partial charge in [-0.05, 0) is 43.4 Å². The molecule has 0 radical (unpaired) electrons. The van der Waals surface area contributed by atoms with E-state index in [-0.39, 0.29) is 40.6 Å². The molecule has 11 heteroatoms. The summed E-state index contributed by atoms with van der Waals surface area (Å²) in [5.41, 5.74) is 0.656. The highest BCUT2D eigenvalue weighted by molar-refractivity contribution is 8.00. The lowest BCUT2D eigenvalue weighted by Crippen LogP contribution is -2.65. The van der Waals surface area contributed by atoms with Crippen molar-refractivity contribution in [2.24, 2.45) is 11.3 Å². The van der Waals surface area contributed by atoms with Crippen LogP contribution in [-0.2, 0) is 23.7 Å². The number of halogens is 1. The molecule has 1 amide bonds. The number of thioether (sulfide) groups is 1. The Bertz CT molecular complexity index is 992. The average molecular weight is 610 g/mol. The Morgan fingerprint density at radius 3 is 2.50 bits per heavy atom. The second-order valence-corrected chi connectivity index (χ2v) is 12.1. The van der Waals surface area contributed by atoms with Crippen LogP contribution in [0.15, 0.2) is 18.2 Å². The average Bonchev–Trinajstić information content (AvgIpc) is 3.00. The number of methoxy groups -OCH3 is 1. The second kappa shape index (κ2) is 18.7. The summed E-state index contributed by atoms with van der Waals surface area (Å²) in [7, 11) is 1.43. The fourth-order valence-electron chi connectivity index (χ4n) is 5.53. The van der Waals surface area contributed by atoms with E-state index in [2.05, 4.69) is 28.8 Å². The maximum Gasteiger partial charge on any atom is 0.230 e. The number of hydrogen-bond donors (Lipinski definition) is 3. The van der Waals surface area contributed by atoms with Gasteiger partial charge in [-0.1, -0.05) is 38.2 Å². The zero-order valence-electron chi connectivity index (χ0n) is 25.3. The van der Waals surface area contributed by atoms with Crippen molar-refractivity contribution >= 4 is 17.7 Å². The van der Waals surface area contributed by atoms with Crippen LogP contribution in [0.4, 0.5) is 4.39 Å². The first-order chi connectivity index (χ1) is 20.4. The van der Waals surface area contributed by atoms with Gasteiger partial charge in [-0.3, -0.25) is 15.4 Å². The summed E-state index contributed by atoms with van der Waals surface area (Å²) < 4.78 is 41.4. The summed E-state index contributed by atoms with van der Waals surface area (Å²) in [6.07, 6.45) is 11.0. The van der Waals surface area contributed by atoms with Crippen LogP contribution in [0.2, 0.25) is 0 Å². The second-order valence-electron chi connectivity index (χ2n) is 11.0. The van der Waals surface area contributed by atoms with Gasteiger partial charge in [0.1, 0.15) is 6.61 Å². The molecule has 42 heavy (non-hydrogen) atoms. The SMILES string of the molecule is C#CCOCCOCCOCCOC1NCC(C)(C2CCCCC2)C(SCC(=O)N[C@H](C)c2ccc(OC)c(F)c2)N1. The third-order valence-corrected chi connectivity index (χ3v) is 9.42. The van der Waals surface area contributed by atoms with E-state index in [1.54, 1.807) is 23.9 Å². The molecule has 3 N–H and O–H groups in total. The van der Waals surface area contributed by atoms with Gasteiger partial charge in [0.25, 0.3) is 0 Å². The van der Waals surface area contributed by atoms with Crippen molar-refractivity contribution < 1.29 is 32.9 Å². The van der Waals surface area contributed by atoms with Crippen LogP contribution in [0.1, 0.15) is 57.6 Å². The van der Waals surface area contributed by atoms with Crippen LogP contribution >= 0.6 is 11.8 Å². The molecule has 2 aliphatic rings. The van der Waals surface area contributed by atoms with E-state index >= 15 is 0 Å². The molecule has 1 saturated heterocycles. The number of hydrogen-bond acceptors (Lipinski definition) is 9. The Morgan fingerprint density at radius 2 is 1.83 bits per heavy atom. The van der Waals surface area contributed by atoms with Crippen molar-refractivity contribution in [1.29, 1.82) is 0 Å². The molecular formula is C31H48FN3O6S. The molecule has 1 aromatic carbocycles. The van der Waals surface area contributed by atoms with E-state index in [9.17, 15) is 9.18 Å². The first-order valence-corrected chi connectivity index (χ1v) is 15.9. The Balaban J connectivity index is 1.45. The number of carbonyl (C=O) groups excluding carboxylic acids is 1. The molecular weight excluding hydrogens is 561 g/mol. The highest BCUT2D eigenvalue weighted by atomic mass is 32.2. The fourth-order valence-corrected chi connectivity index (χ4v) is 6.81. The normalized spacial score (nSPS) is 23.7. The molecule has 9 nitrogen and oxygen atoms in total. The predicted octanol–water partition coefficient (Wildman–Crippen LogP) is 3.83. The first kappa shape index (κ1) is 34.6. The minimum absolute atomic E-state index is 0.0253. The standard InChI is InChI=1S/C31H48FN3O6S/c1-5-13-38-14-15-39-16-17-40-18-19-41-30-33-22-31(3,25-9-7-6-8-10-25)29(35-30)42-21-28(36)34-23(2)24-11-12-27(37-4)26(32)20-24/h1,11-12,20,23,25,29-30,33,35H,6-10,13-19,21-22H2,2-4H3,(H,34,36)/t23-,29?,30?,31?/m1/s1. The zero-order chi connectivity index (χ0) is 30.2. The molecule has 1 saturated carbocycles. The fraction of sp³-hybridized carbons (Fsp3) is 0.710. The molecule has 0 spiro atoms. The van der Waals surface area contributed by atoms with E-state index in [1.807, 2.05) is 6.92 Å². The minimum Gasteiger partial charge on any atom is -0.494 e. The van der Waals surface area contributed by atoms with Crippen molar-refractivity contribution in [3.05, 3.63) is 29.6 Å². The number of benzene rings is 1. The molecule has 3 unspecified atom stereocenters. The Morgan fingerprint density at radius 1 is 1.14 bits per heavy atom. The van der Waals surface area contributed by atoms with Crippen molar-refractivity contribution in [3.8, 4) is 18.1 Å². The topological polar surface area (TPSA) is 99.3 Å². The van der Waals surface area contributed by atoms with Gasteiger partial charge in [-0.25, -0.2) is 4.39 Å². The first-order valence-electron chi connectivity index (χ1n) is 14.9. The largest absolute Gasteiger partial charge is 0.494 e. The lowest BCUT2D eigenvalue weighted by molar-refractivity contribution is -0.119. The maximum absolute atomic E-state index is 14.2. The summed E-state index contributed by atoms with van der Waals surface area (Å²) >= 11 is 1.61. The molecule has 0 aromatic heterocycles. The highest BCUT2D eigenvalue weighted by Crippen LogP contribution is 2.45. The smallest absolute Gasteiger partial charge is 0.230 e. The molecule has 1 aliphatic heterocycles. The maximum atomic E-state index is 14.2. The van der Waals surface area contributed by atoms with Gasteiger partial charge in [-0.15, -0.1) is 18.2 Å². The molecule has 236 valence electrons. The van der Waals surface area contributed by atoms with Gasteiger partial charge in [0.05, 0.1) is 63.9 Å². The summed E-state index contributed by atoms with van der Waals surface area (Å²) in [5, 5.41) is 10.2. The van der Waals surface area contributed by atoms with E-state index in [1.165, 1.54) is 45.3 Å². The highest BCUT2D eigenvalue weighted by Gasteiger charge is 2.46. The zero-order valence-corrected chi connectivity index (χ0v) is 26.1. The number of terminal acetylenes is 1. The number of nitrogens with one attached hydrogen (secondary N) is 3. The van der Waals surface area contributed by atoms with Crippen LogP contribution in [0.3, 0.4) is 0 Å². The molecule has 4 atom stereocenters. The molecule has 1 heterocycles. The lowest BCUT2D eigenvalue weighted by atomic mass is 9.69. The van der Waals surface area contributed by atoms with Gasteiger partial charge in [0, 0.05) is 12.0 Å². The van der Waals surface area contributed by atoms with E-state index < -0.39 is 5.82 Å². The Kier molecular flexibility index (Phi) is 15.4. The van der Waals surface area contributed by atoms with Gasteiger partial charge in [-0.2, -0.15) is 0 Å². The van der Waals surface area contributed by atoms with E-state index in [4.69, 9.17) is 30.1 Å². The number of ether oxygens (including phenoxy) is 5. The predicted molar refractivity (Wildman–Crippen MR) is 163 cm³/mol. The molecule has 3 rings (SSSR count). The van der Waals surface area contributed by atoms with Crippen molar-refractivity contribution in [2.45, 2.75) is 63.7 Å². The monoisotopic (exact) mass is 609 g/mol. The van der Waals surface area contributed by atoms with Crippen LogP contribution in [0, 0.1) is 29.5 Å². The van der Waals surface area contributed by atoms with Gasteiger partial charge >= 0.3 is 0 Å². The lowest BCUT2D eigenvalue weighted by Gasteiger charge is -2.50. The Hall–Kier alpha value is -1.91. The summed E-state index contributed by atoms with van der Waals surface area (Å²) in [6, 6.07) is 4.43. The molecule has 1 aliphatic carbocycles. The van der Waals surface area contributed by atoms with Crippen LogP contribution < -0.4 is 20.7 Å². The quantitative estimate of drug-likeness (QED) is 0.169. The summed E-state index contributed by atoms with van der Waals surface area (Å²) in [6.45, 7) is 8.02. The van der Waals surface area contributed by atoms with Crippen molar-refractivity contribution in [1.82, 2.24) is 16.0 Å². The van der Waals surface area contributed by atoms with E-state index in [0.29, 0.717) is 57.7 Å². The van der Waals surface area contributed by atoms with Crippen LogP contribution in [0.25, 0.3) is 0 Å². The number of rotatable bonds is 18. The van der Waals surface area contributed by atoms with Crippen molar-refractivity contribution in [3.63, 3.8) is 0 Å². The van der Waals surface area contributed by atoms with Crippen molar-refractivity contribution in [2.75, 3.05) is 65.7 Å². The van der Waals surface area contributed by atoms with Gasteiger partial charge in [0.2, 0.25) is 5.91 Å². The minimum atomic E-state index is -0.445. The molecule has 1 aromatic rings. The van der Waals surface area contributed by atoms with Crippen LogP contribution in [-0.4, -0.2) is 83.3 Å². The number of amides is 1. The Labute approximate surface area is 254 Å². The third kappa shape index (κ3) is 11.0. The van der Waals surface area contributed by atoms with E-state index in [0.717, 1.165) is 6.54 Å². The molecule has 2 fully saturated rings. The summed E-state index contributed by atoms with van der Waals surface area (Å²) in [5.74, 6) is 2.91. The molecule has 0 bridgehead atoms. The number of carbonyl (C=O) groups is 1. The van der Waals surface area contributed by atoms with Crippen LogP contribution in [0.5, 0.6) is 5.75 Å². The van der Waals surface area contributed by atoms with Gasteiger partial charge < -0.3 is 29.0 Å².